The van der Waals surface area contributed by atoms with Crippen LogP contribution in [0.3, 0.4) is 0 Å². The van der Waals surface area contributed by atoms with Crippen molar-refractivity contribution in [2.75, 3.05) is 27.4 Å². The van der Waals surface area contributed by atoms with Gasteiger partial charge in [-0.05, 0) is 24.6 Å². The van der Waals surface area contributed by atoms with Crippen molar-refractivity contribution < 1.29 is 19.0 Å². The second-order valence-electron chi connectivity index (χ2n) is 4.60. The van der Waals surface area contributed by atoms with E-state index in [1.54, 1.807) is 19.2 Å². The van der Waals surface area contributed by atoms with E-state index in [9.17, 15) is 4.79 Å². The number of benzene rings is 1. The van der Waals surface area contributed by atoms with Crippen LogP contribution >= 0.6 is 11.6 Å². The summed E-state index contributed by atoms with van der Waals surface area (Å²) in [7, 11) is 3.16. The molecule has 0 aromatic heterocycles. The summed E-state index contributed by atoms with van der Waals surface area (Å²) in [6, 6.07) is 3.77. The minimum atomic E-state index is -0.577. The van der Waals surface area contributed by atoms with Crippen LogP contribution in [0.15, 0.2) is 12.1 Å². The molecule has 21 heavy (non-hydrogen) atoms. The minimum Gasteiger partial charge on any atom is -0.493 e. The molecule has 0 heterocycles. The molecule has 1 amide bonds. The number of carbonyl (C=O) groups is 1. The summed E-state index contributed by atoms with van der Waals surface area (Å²) in [5, 5.41) is 3.66. The molecule has 0 saturated heterocycles. The summed E-state index contributed by atoms with van der Waals surface area (Å²) < 4.78 is 15.6. The topological polar surface area (TPSA) is 82.8 Å². The zero-order valence-corrected chi connectivity index (χ0v) is 13.2. The summed E-state index contributed by atoms with van der Waals surface area (Å²) in [6.07, 6.45) is 0. The lowest BCUT2D eigenvalue weighted by molar-refractivity contribution is -0.119. The van der Waals surface area contributed by atoms with Gasteiger partial charge in [-0.15, -0.1) is 0 Å². The molecule has 0 radical (unpaired) electrons. The molecule has 1 rings (SSSR count). The van der Waals surface area contributed by atoms with Gasteiger partial charge in [0.1, 0.15) is 0 Å². The predicted molar refractivity (Wildman–Crippen MR) is 80.9 cm³/mol. The van der Waals surface area contributed by atoms with Gasteiger partial charge in [0.15, 0.2) is 18.1 Å². The Hall–Kier alpha value is -1.50. The number of nitrogens with two attached hydrogens (primary N) is 1. The summed E-state index contributed by atoms with van der Waals surface area (Å²) in [5.41, 5.74) is 5.99. The number of nitrogens with one attached hydrogen (secondary N) is 1. The number of amides is 1. The van der Waals surface area contributed by atoms with E-state index in [1.807, 2.05) is 6.92 Å². The lowest BCUT2D eigenvalue weighted by atomic mass is 10.2. The van der Waals surface area contributed by atoms with E-state index in [-0.39, 0.29) is 12.6 Å². The Kier molecular flexibility index (Phi) is 7.28. The van der Waals surface area contributed by atoms with Gasteiger partial charge in [0.25, 0.3) is 5.91 Å². The quantitative estimate of drug-likeness (QED) is 0.718. The van der Waals surface area contributed by atoms with Crippen molar-refractivity contribution in [2.24, 2.45) is 5.73 Å². The molecule has 0 aliphatic rings. The average molecular weight is 317 g/mol. The molecule has 118 valence electrons. The van der Waals surface area contributed by atoms with Crippen LogP contribution in [0.1, 0.15) is 12.5 Å². The molecular formula is C14H21ClN2O4. The second-order valence-corrected chi connectivity index (χ2v) is 5.01. The molecule has 3 N–H and O–H groups in total. The second kappa shape index (κ2) is 8.71. The van der Waals surface area contributed by atoms with E-state index < -0.39 is 5.91 Å². The maximum Gasteiger partial charge on any atom is 0.255 e. The van der Waals surface area contributed by atoms with Crippen molar-refractivity contribution in [3.63, 3.8) is 0 Å². The van der Waals surface area contributed by atoms with Crippen molar-refractivity contribution in [3.8, 4) is 11.5 Å². The molecule has 0 bridgehead atoms. The molecule has 0 saturated carbocycles. The van der Waals surface area contributed by atoms with Crippen molar-refractivity contribution in [2.45, 2.75) is 19.5 Å². The third-order valence-electron chi connectivity index (χ3n) is 2.72. The van der Waals surface area contributed by atoms with Gasteiger partial charge in [-0.25, -0.2) is 0 Å². The highest BCUT2D eigenvalue weighted by Crippen LogP contribution is 2.36. The van der Waals surface area contributed by atoms with E-state index in [4.69, 9.17) is 31.5 Å². The first-order chi connectivity index (χ1) is 9.97. The van der Waals surface area contributed by atoms with Gasteiger partial charge in [-0.1, -0.05) is 11.6 Å². The molecule has 0 aliphatic heterocycles. The van der Waals surface area contributed by atoms with Gasteiger partial charge < -0.3 is 25.3 Å². The standard InChI is InChI=1S/C14H21ClN2O4/c1-9(7-19-2)17-6-10-4-11(15)14(12(5-10)20-3)21-8-13(16)18/h4-5,9,17H,6-8H2,1-3H3,(H2,16,18). The number of halogens is 1. The zero-order valence-electron chi connectivity index (χ0n) is 12.4. The molecule has 7 heteroatoms. The first-order valence-electron chi connectivity index (χ1n) is 6.47. The van der Waals surface area contributed by atoms with Crippen LogP contribution in [0.4, 0.5) is 0 Å². The van der Waals surface area contributed by atoms with Crippen molar-refractivity contribution in [1.29, 1.82) is 0 Å². The summed E-state index contributed by atoms with van der Waals surface area (Å²) >= 11 is 6.16. The fraction of sp³-hybridized carbons (Fsp3) is 0.500. The summed E-state index contributed by atoms with van der Waals surface area (Å²) in [4.78, 5) is 10.8. The largest absolute Gasteiger partial charge is 0.493 e. The summed E-state index contributed by atoms with van der Waals surface area (Å²) in [6.45, 7) is 2.99. The van der Waals surface area contributed by atoms with Gasteiger partial charge in [-0.2, -0.15) is 0 Å². The molecular weight excluding hydrogens is 296 g/mol. The van der Waals surface area contributed by atoms with Crippen LogP contribution in [0.2, 0.25) is 5.02 Å². The first-order valence-corrected chi connectivity index (χ1v) is 6.85. The monoisotopic (exact) mass is 316 g/mol. The van der Waals surface area contributed by atoms with E-state index in [2.05, 4.69) is 5.32 Å². The third-order valence-corrected chi connectivity index (χ3v) is 3.00. The van der Waals surface area contributed by atoms with E-state index in [0.29, 0.717) is 29.7 Å². The zero-order chi connectivity index (χ0) is 15.8. The number of hydrogen-bond donors (Lipinski definition) is 2. The molecule has 0 aliphatic carbocycles. The molecule has 0 fully saturated rings. The number of rotatable bonds is 9. The Morgan fingerprint density at radius 3 is 2.71 bits per heavy atom. The lowest BCUT2D eigenvalue weighted by Crippen LogP contribution is -2.29. The first kappa shape index (κ1) is 17.6. The molecule has 6 nitrogen and oxygen atoms in total. The van der Waals surface area contributed by atoms with Gasteiger partial charge >= 0.3 is 0 Å². The Morgan fingerprint density at radius 2 is 2.14 bits per heavy atom. The Morgan fingerprint density at radius 1 is 1.43 bits per heavy atom. The van der Waals surface area contributed by atoms with Gasteiger partial charge in [-0.3, -0.25) is 4.79 Å². The molecule has 0 spiro atoms. The number of ether oxygens (including phenoxy) is 3. The Balaban J connectivity index is 2.80. The van der Waals surface area contributed by atoms with Crippen LogP contribution < -0.4 is 20.5 Å². The fourth-order valence-corrected chi connectivity index (χ4v) is 2.05. The highest BCUT2D eigenvalue weighted by atomic mass is 35.5. The van der Waals surface area contributed by atoms with Crippen LogP contribution in [-0.2, 0) is 16.1 Å². The molecule has 1 atom stereocenters. The molecule has 1 aromatic rings. The van der Waals surface area contributed by atoms with Crippen molar-refractivity contribution >= 4 is 17.5 Å². The highest BCUT2D eigenvalue weighted by molar-refractivity contribution is 6.32. The third kappa shape index (κ3) is 5.79. The van der Waals surface area contributed by atoms with E-state index in [1.165, 1.54) is 7.11 Å². The number of primary amides is 1. The highest BCUT2D eigenvalue weighted by Gasteiger charge is 2.13. The van der Waals surface area contributed by atoms with Crippen molar-refractivity contribution in [3.05, 3.63) is 22.7 Å². The molecule has 1 unspecified atom stereocenters. The lowest BCUT2D eigenvalue weighted by Gasteiger charge is -2.16. The van der Waals surface area contributed by atoms with Gasteiger partial charge in [0, 0.05) is 19.7 Å². The smallest absolute Gasteiger partial charge is 0.255 e. The Bertz CT molecular complexity index is 482. The number of methoxy groups -OCH3 is 2. The summed E-state index contributed by atoms with van der Waals surface area (Å²) in [5.74, 6) is 0.193. The maximum atomic E-state index is 10.8. The van der Waals surface area contributed by atoms with Gasteiger partial charge in [0.05, 0.1) is 18.7 Å². The average Bonchev–Trinajstić information content (AvgIpc) is 2.43. The minimum absolute atomic E-state index is 0.213. The van der Waals surface area contributed by atoms with E-state index >= 15 is 0 Å². The predicted octanol–water partition coefficient (Wildman–Crippen LogP) is 1.34. The fourth-order valence-electron chi connectivity index (χ4n) is 1.76. The normalized spacial score (nSPS) is 12.0. The number of hydrogen-bond acceptors (Lipinski definition) is 5. The maximum absolute atomic E-state index is 10.8. The van der Waals surface area contributed by atoms with Gasteiger partial charge in [0.2, 0.25) is 0 Å². The van der Waals surface area contributed by atoms with Crippen LogP contribution in [-0.4, -0.2) is 39.4 Å². The van der Waals surface area contributed by atoms with Crippen LogP contribution in [0, 0.1) is 0 Å². The van der Waals surface area contributed by atoms with Crippen molar-refractivity contribution in [1.82, 2.24) is 5.32 Å². The number of carbonyl (C=O) groups excluding carboxylic acids is 1. The molecule has 1 aromatic carbocycles. The SMILES string of the molecule is COCC(C)NCc1cc(Cl)c(OCC(N)=O)c(OC)c1. The van der Waals surface area contributed by atoms with Crippen LogP contribution in [0.25, 0.3) is 0 Å². The van der Waals surface area contributed by atoms with E-state index in [0.717, 1.165) is 5.56 Å². The van der Waals surface area contributed by atoms with Crippen LogP contribution in [0.5, 0.6) is 11.5 Å². The Labute approximate surface area is 129 Å².